The fourth-order valence-corrected chi connectivity index (χ4v) is 6.78. The van der Waals surface area contributed by atoms with Gasteiger partial charge in [-0.2, -0.15) is 26.3 Å². The number of nitrogens with zero attached hydrogens (tertiary/aromatic N) is 3. The van der Waals surface area contributed by atoms with E-state index in [1.54, 1.807) is 37.3 Å². The third-order valence-corrected chi connectivity index (χ3v) is 10.4. The molecule has 9 nitrogen and oxygen atoms in total. The molecule has 1 fully saturated rings. The summed E-state index contributed by atoms with van der Waals surface area (Å²) < 4.78 is 101. The molecule has 3 aromatic rings. The van der Waals surface area contributed by atoms with Crippen LogP contribution in [0.5, 0.6) is 5.75 Å². The molecule has 274 valence electrons. The lowest BCUT2D eigenvalue weighted by Crippen LogP contribution is -2.61. The standard InChI is InChI=1S/C35H36F6N4O5S/c1-19-12-21(31(47)48)6-8-25(19)20-7-9-29(50-3)26(15-20)27-17-42-32(45(2)51(4)49)44-28(27)18-43-33(10-5-11-33)30(46)22-13-23(34(36,37)38)16-24(14-22)35(39,40)41/h6-9,12-13,15-17,22,30,43,46H,5,10-11,14,18H2,1-4H3,(H,47,48)/t22?,30-,51?/m1/s1. The Morgan fingerprint density at radius 3 is 2.35 bits per heavy atom. The van der Waals surface area contributed by atoms with Crippen LogP contribution in [0.2, 0.25) is 0 Å². The number of allylic oxidation sites excluding steroid dienone is 3. The number of methoxy groups -OCH3 is 1. The number of rotatable bonds is 11. The smallest absolute Gasteiger partial charge is 0.416 e. The minimum Gasteiger partial charge on any atom is -0.496 e. The van der Waals surface area contributed by atoms with Crippen molar-refractivity contribution in [3.8, 4) is 28.0 Å². The Morgan fingerprint density at radius 1 is 1.10 bits per heavy atom. The second-order valence-electron chi connectivity index (χ2n) is 12.7. The SMILES string of the molecule is COc1ccc(-c2ccc(C(=O)O)cc2C)cc1-c1cnc(N(C)S(C)=O)nc1CNC1([C@H](O)C2C=C(C(F)(F)F)C=C(C(F)(F)F)C2)CCC1. The van der Waals surface area contributed by atoms with Gasteiger partial charge < -0.3 is 20.3 Å². The molecule has 0 radical (unpaired) electrons. The Labute approximate surface area is 292 Å². The summed E-state index contributed by atoms with van der Waals surface area (Å²) >= 11 is 0. The summed E-state index contributed by atoms with van der Waals surface area (Å²) in [5.74, 6) is -2.04. The number of alkyl halides is 6. The molecule has 51 heavy (non-hydrogen) atoms. The van der Waals surface area contributed by atoms with Crippen molar-refractivity contribution in [2.45, 2.75) is 63.1 Å². The largest absolute Gasteiger partial charge is 0.496 e. The van der Waals surface area contributed by atoms with Crippen molar-refractivity contribution < 1.29 is 50.3 Å². The number of hydrogen-bond acceptors (Lipinski definition) is 7. The first-order valence-corrected chi connectivity index (χ1v) is 17.3. The van der Waals surface area contributed by atoms with Crippen molar-refractivity contribution in [1.29, 1.82) is 0 Å². The van der Waals surface area contributed by atoms with Crippen molar-refractivity contribution in [2.24, 2.45) is 5.92 Å². The van der Waals surface area contributed by atoms with Gasteiger partial charge in [0.05, 0.1) is 30.0 Å². The Morgan fingerprint density at radius 2 is 1.80 bits per heavy atom. The topological polar surface area (TPSA) is 125 Å². The maximum absolute atomic E-state index is 13.7. The molecule has 1 heterocycles. The quantitative estimate of drug-likeness (QED) is 0.181. The number of aromatic nitrogens is 2. The van der Waals surface area contributed by atoms with Crippen molar-refractivity contribution in [3.05, 3.63) is 82.7 Å². The number of carboxylic acid groups (broad SMARTS) is 1. The number of carboxylic acids is 1. The average molecular weight is 739 g/mol. The highest BCUT2D eigenvalue weighted by Crippen LogP contribution is 2.46. The molecular formula is C35H36F6N4O5S. The summed E-state index contributed by atoms with van der Waals surface area (Å²) in [7, 11) is 1.46. The zero-order valence-corrected chi connectivity index (χ0v) is 28.8. The molecule has 2 unspecified atom stereocenters. The van der Waals surface area contributed by atoms with Crippen LogP contribution in [0, 0.1) is 12.8 Å². The zero-order chi connectivity index (χ0) is 37.5. The molecule has 0 aliphatic heterocycles. The lowest BCUT2D eigenvalue weighted by Gasteiger charge is -2.49. The van der Waals surface area contributed by atoms with Gasteiger partial charge in [-0.1, -0.05) is 18.2 Å². The molecule has 2 aliphatic carbocycles. The molecule has 2 aromatic carbocycles. The number of halogens is 6. The second-order valence-corrected chi connectivity index (χ2v) is 14.1. The van der Waals surface area contributed by atoms with Gasteiger partial charge in [0.2, 0.25) is 5.95 Å². The fourth-order valence-electron chi connectivity index (χ4n) is 6.46. The van der Waals surface area contributed by atoms with E-state index < -0.39 is 64.4 Å². The number of aliphatic hydroxyl groups is 1. The molecule has 5 rings (SSSR count). The minimum atomic E-state index is -5.04. The maximum atomic E-state index is 13.7. The van der Waals surface area contributed by atoms with Gasteiger partial charge in [0, 0.05) is 54.2 Å². The van der Waals surface area contributed by atoms with Crippen molar-refractivity contribution in [1.82, 2.24) is 15.3 Å². The number of benzene rings is 2. The van der Waals surface area contributed by atoms with Gasteiger partial charge in [-0.15, -0.1) is 0 Å². The van der Waals surface area contributed by atoms with E-state index in [4.69, 9.17) is 4.74 Å². The monoisotopic (exact) mass is 738 g/mol. The van der Waals surface area contributed by atoms with Crippen LogP contribution in [-0.2, 0) is 17.5 Å². The van der Waals surface area contributed by atoms with E-state index in [1.165, 1.54) is 37.0 Å². The molecule has 0 bridgehead atoms. The Bertz CT molecular complexity index is 1910. The van der Waals surface area contributed by atoms with Crippen LogP contribution in [0.15, 0.2) is 65.9 Å². The van der Waals surface area contributed by atoms with E-state index in [2.05, 4.69) is 15.3 Å². The van der Waals surface area contributed by atoms with Crippen molar-refractivity contribution in [2.75, 3.05) is 24.7 Å². The summed E-state index contributed by atoms with van der Waals surface area (Å²) in [4.78, 5) is 20.6. The van der Waals surface area contributed by atoms with E-state index in [-0.39, 0.29) is 37.0 Å². The van der Waals surface area contributed by atoms with Crippen molar-refractivity contribution >= 4 is 22.9 Å². The van der Waals surface area contributed by atoms with Crippen molar-refractivity contribution in [3.63, 3.8) is 0 Å². The molecule has 1 aromatic heterocycles. The van der Waals surface area contributed by atoms with Crippen LogP contribution >= 0.6 is 0 Å². The maximum Gasteiger partial charge on any atom is 0.416 e. The van der Waals surface area contributed by atoms with Crippen LogP contribution in [-0.4, -0.2) is 74.8 Å². The molecular weight excluding hydrogens is 702 g/mol. The molecule has 2 aliphatic rings. The van der Waals surface area contributed by atoms with Gasteiger partial charge >= 0.3 is 18.3 Å². The van der Waals surface area contributed by atoms with Gasteiger partial charge in [-0.05, 0) is 79.6 Å². The molecule has 0 spiro atoms. The first-order chi connectivity index (χ1) is 23.8. The molecule has 0 saturated heterocycles. The van der Waals surface area contributed by atoms with Gasteiger partial charge in [-0.25, -0.2) is 19.0 Å². The lowest BCUT2D eigenvalue weighted by molar-refractivity contribution is -0.104. The van der Waals surface area contributed by atoms with E-state index in [0.29, 0.717) is 46.2 Å². The fraction of sp³-hybridized carbons (Fsp3) is 0.400. The van der Waals surface area contributed by atoms with Crippen LogP contribution in [0.25, 0.3) is 22.3 Å². The van der Waals surface area contributed by atoms with E-state index in [1.807, 2.05) is 0 Å². The summed E-state index contributed by atoms with van der Waals surface area (Å²) in [5, 5.41) is 24.1. The van der Waals surface area contributed by atoms with Gasteiger partial charge in [-0.3, -0.25) is 4.31 Å². The minimum absolute atomic E-state index is 0.0832. The number of aromatic carboxylic acids is 1. The molecule has 16 heteroatoms. The number of ether oxygens (including phenoxy) is 1. The Kier molecular flexibility index (Phi) is 10.7. The first-order valence-electron chi connectivity index (χ1n) is 15.8. The van der Waals surface area contributed by atoms with E-state index in [9.17, 15) is 45.6 Å². The summed E-state index contributed by atoms with van der Waals surface area (Å²) in [6.45, 7) is 1.67. The van der Waals surface area contributed by atoms with Crippen LogP contribution in [0.4, 0.5) is 32.3 Å². The predicted molar refractivity (Wildman–Crippen MR) is 179 cm³/mol. The number of hydrogen-bond donors (Lipinski definition) is 3. The summed E-state index contributed by atoms with van der Waals surface area (Å²) in [6, 6.07) is 10.0. The van der Waals surface area contributed by atoms with Crippen LogP contribution in [0.3, 0.4) is 0 Å². The number of carbonyl (C=O) groups is 1. The third-order valence-electron chi connectivity index (χ3n) is 9.49. The molecule has 1 saturated carbocycles. The number of aryl methyl sites for hydroxylation is 1. The average Bonchev–Trinajstić information content (AvgIpc) is 3.05. The number of aliphatic hydroxyl groups excluding tert-OH is 1. The van der Waals surface area contributed by atoms with Crippen LogP contribution < -0.4 is 14.4 Å². The first kappa shape index (κ1) is 38.0. The predicted octanol–water partition coefficient (Wildman–Crippen LogP) is 6.93. The normalized spacial score (nSPS) is 18.6. The van der Waals surface area contributed by atoms with Gasteiger partial charge in [0.15, 0.2) is 0 Å². The zero-order valence-electron chi connectivity index (χ0n) is 28.0. The molecule has 3 N–H and O–H groups in total. The Hall–Kier alpha value is -4.28. The Balaban J connectivity index is 1.54. The van der Waals surface area contributed by atoms with E-state index in [0.717, 1.165) is 5.56 Å². The molecule has 3 atom stereocenters. The van der Waals surface area contributed by atoms with E-state index >= 15 is 0 Å². The number of nitrogens with one attached hydrogen (secondary N) is 1. The summed E-state index contributed by atoms with van der Waals surface area (Å²) in [5.41, 5.74) is -0.497. The second kappa shape index (κ2) is 14.4. The number of anilines is 1. The van der Waals surface area contributed by atoms with Crippen LogP contribution in [0.1, 0.15) is 47.3 Å². The highest BCUT2D eigenvalue weighted by Gasteiger charge is 2.50. The third kappa shape index (κ3) is 7.97. The van der Waals surface area contributed by atoms with Gasteiger partial charge in [0.25, 0.3) is 0 Å². The lowest BCUT2D eigenvalue weighted by atomic mass is 9.67. The summed E-state index contributed by atoms with van der Waals surface area (Å²) in [6.07, 6.45) is -7.67. The highest BCUT2D eigenvalue weighted by atomic mass is 32.2. The highest BCUT2D eigenvalue weighted by molar-refractivity contribution is 7.85. The van der Waals surface area contributed by atoms with Gasteiger partial charge in [0.1, 0.15) is 16.7 Å². The molecule has 0 amide bonds.